The molecule has 88 valence electrons. The summed E-state index contributed by atoms with van der Waals surface area (Å²) in [4.78, 5) is 10.9. The van der Waals surface area contributed by atoms with Gasteiger partial charge in [-0.05, 0) is 30.2 Å². The van der Waals surface area contributed by atoms with Crippen molar-refractivity contribution < 1.29 is 9.90 Å². The van der Waals surface area contributed by atoms with Crippen molar-refractivity contribution >= 4 is 11.7 Å². The van der Waals surface area contributed by atoms with Crippen LogP contribution in [0.15, 0.2) is 18.2 Å². The molecule has 0 aliphatic rings. The van der Waals surface area contributed by atoms with Crippen LogP contribution in [0.4, 0.5) is 5.69 Å². The molecule has 0 saturated heterocycles. The lowest BCUT2D eigenvalue weighted by molar-refractivity contribution is -0.140. The number of anilines is 1. The van der Waals surface area contributed by atoms with Gasteiger partial charge in [0.1, 0.15) is 6.04 Å². The van der Waals surface area contributed by atoms with Gasteiger partial charge in [0.25, 0.3) is 0 Å². The third-order valence-electron chi connectivity index (χ3n) is 2.99. The predicted molar refractivity (Wildman–Crippen MR) is 64.2 cm³/mol. The van der Waals surface area contributed by atoms with Gasteiger partial charge in [0.05, 0.1) is 0 Å². The fourth-order valence-electron chi connectivity index (χ4n) is 1.89. The molecule has 0 aliphatic heterocycles. The second kappa shape index (κ2) is 4.14. The van der Waals surface area contributed by atoms with Gasteiger partial charge in [0.2, 0.25) is 0 Å². The summed E-state index contributed by atoms with van der Waals surface area (Å²) < 4.78 is 0. The van der Waals surface area contributed by atoms with Gasteiger partial charge >= 0.3 is 5.97 Å². The third-order valence-corrected chi connectivity index (χ3v) is 2.99. The van der Waals surface area contributed by atoms with E-state index in [0.29, 0.717) is 5.69 Å². The first-order chi connectivity index (χ1) is 7.26. The molecule has 0 aromatic heterocycles. The van der Waals surface area contributed by atoms with Crippen LogP contribution in [-0.4, -0.2) is 17.1 Å². The minimum absolute atomic E-state index is 0.621. The molecule has 4 nitrogen and oxygen atoms in total. The fraction of sp³-hybridized carbons (Fsp3) is 0.417. The number of benzene rings is 1. The summed E-state index contributed by atoms with van der Waals surface area (Å²) in [6, 6.07) is 4.49. The number of carboxylic acid groups (broad SMARTS) is 1. The van der Waals surface area contributed by atoms with E-state index in [4.69, 9.17) is 16.6 Å². The Bertz CT molecular complexity index is 413. The minimum atomic E-state index is -0.999. The van der Waals surface area contributed by atoms with Crippen molar-refractivity contribution in [2.75, 3.05) is 5.73 Å². The highest BCUT2D eigenvalue weighted by molar-refractivity contribution is 5.76. The van der Waals surface area contributed by atoms with Crippen LogP contribution >= 0.6 is 0 Å². The van der Waals surface area contributed by atoms with E-state index >= 15 is 0 Å². The Hall–Kier alpha value is -1.55. The summed E-state index contributed by atoms with van der Waals surface area (Å²) in [6.45, 7) is 5.55. The van der Waals surface area contributed by atoms with Crippen molar-refractivity contribution in [1.82, 2.24) is 0 Å². The monoisotopic (exact) mass is 222 g/mol. The normalized spacial score (nSPS) is 13.5. The number of hydrogen-bond acceptors (Lipinski definition) is 3. The molecule has 1 atom stereocenters. The van der Waals surface area contributed by atoms with Gasteiger partial charge in [0, 0.05) is 11.1 Å². The highest BCUT2D eigenvalue weighted by atomic mass is 16.4. The van der Waals surface area contributed by atoms with E-state index in [1.54, 1.807) is 6.07 Å². The Labute approximate surface area is 95.3 Å². The molecule has 1 rings (SSSR count). The molecule has 0 aliphatic carbocycles. The number of aliphatic carboxylic acids is 1. The predicted octanol–water partition coefficient (Wildman–Crippen LogP) is 1.27. The summed E-state index contributed by atoms with van der Waals surface area (Å²) >= 11 is 0. The van der Waals surface area contributed by atoms with E-state index in [9.17, 15) is 4.79 Å². The molecule has 1 aromatic rings. The van der Waals surface area contributed by atoms with Crippen LogP contribution in [0.5, 0.6) is 0 Å². The molecule has 5 N–H and O–H groups in total. The van der Waals surface area contributed by atoms with Gasteiger partial charge in [-0.3, -0.25) is 4.79 Å². The van der Waals surface area contributed by atoms with Gasteiger partial charge in [-0.15, -0.1) is 0 Å². The van der Waals surface area contributed by atoms with Crippen LogP contribution in [0.1, 0.15) is 25.0 Å². The number of carbonyl (C=O) groups is 1. The lowest BCUT2D eigenvalue weighted by Gasteiger charge is -2.30. The number of nitrogen functional groups attached to an aromatic ring is 1. The van der Waals surface area contributed by atoms with Crippen LogP contribution in [0, 0.1) is 6.92 Å². The van der Waals surface area contributed by atoms with Crippen LogP contribution < -0.4 is 11.5 Å². The largest absolute Gasteiger partial charge is 0.480 e. The Morgan fingerprint density at radius 3 is 2.44 bits per heavy atom. The molecule has 0 bridgehead atoms. The molecule has 1 unspecified atom stereocenters. The van der Waals surface area contributed by atoms with Crippen molar-refractivity contribution in [3.05, 3.63) is 29.3 Å². The number of nitrogens with two attached hydrogens (primary N) is 2. The molecule has 0 radical (unpaired) electrons. The van der Waals surface area contributed by atoms with Crippen LogP contribution in [0.25, 0.3) is 0 Å². The molecule has 16 heavy (non-hydrogen) atoms. The molecule has 0 amide bonds. The van der Waals surface area contributed by atoms with E-state index in [2.05, 4.69) is 0 Å². The van der Waals surface area contributed by atoms with Gasteiger partial charge in [-0.1, -0.05) is 19.9 Å². The van der Waals surface area contributed by atoms with Crippen LogP contribution in [0.2, 0.25) is 0 Å². The van der Waals surface area contributed by atoms with Gasteiger partial charge < -0.3 is 16.6 Å². The zero-order valence-corrected chi connectivity index (χ0v) is 9.82. The Balaban J connectivity index is 3.21. The summed E-state index contributed by atoms with van der Waals surface area (Å²) in [6.07, 6.45) is 0. The zero-order valence-electron chi connectivity index (χ0n) is 9.82. The first-order valence-corrected chi connectivity index (χ1v) is 5.12. The molecule has 0 spiro atoms. The zero-order chi connectivity index (χ0) is 12.5. The second-order valence-corrected chi connectivity index (χ2v) is 4.61. The SMILES string of the molecule is Cc1cc(N)ccc1C(C)(C)C(N)C(=O)O. The topological polar surface area (TPSA) is 89.3 Å². The third kappa shape index (κ3) is 2.17. The van der Waals surface area contributed by atoms with E-state index in [0.717, 1.165) is 11.1 Å². The molecular weight excluding hydrogens is 204 g/mol. The molecule has 0 saturated carbocycles. The highest BCUT2D eigenvalue weighted by Crippen LogP contribution is 2.30. The summed E-state index contributed by atoms with van der Waals surface area (Å²) in [5.41, 5.74) is 13.3. The molecular formula is C12H18N2O2. The average molecular weight is 222 g/mol. The Kier molecular flexibility index (Phi) is 3.24. The van der Waals surface area contributed by atoms with Crippen LogP contribution in [0.3, 0.4) is 0 Å². The van der Waals surface area contributed by atoms with Crippen molar-refractivity contribution in [1.29, 1.82) is 0 Å². The average Bonchev–Trinajstić information content (AvgIpc) is 2.15. The number of carboxylic acids is 1. The van der Waals surface area contributed by atoms with E-state index in [-0.39, 0.29) is 0 Å². The first-order valence-electron chi connectivity index (χ1n) is 5.12. The van der Waals surface area contributed by atoms with Crippen molar-refractivity contribution in [2.45, 2.75) is 32.2 Å². The summed E-state index contributed by atoms with van der Waals surface area (Å²) in [7, 11) is 0. The molecule has 0 fully saturated rings. The lowest BCUT2D eigenvalue weighted by Crippen LogP contribution is -2.47. The van der Waals surface area contributed by atoms with Gasteiger partial charge in [-0.2, -0.15) is 0 Å². The maximum Gasteiger partial charge on any atom is 0.321 e. The molecule has 4 heteroatoms. The van der Waals surface area contributed by atoms with Crippen molar-refractivity contribution in [3.8, 4) is 0 Å². The number of hydrogen-bond donors (Lipinski definition) is 3. The minimum Gasteiger partial charge on any atom is -0.480 e. The maximum absolute atomic E-state index is 10.9. The van der Waals surface area contributed by atoms with E-state index in [1.165, 1.54) is 0 Å². The molecule has 1 aromatic carbocycles. The van der Waals surface area contributed by atoms with E-state index < -0.39 is 17.4 Å². The quantitative estimate of drug-likeness (QED) is 0.672. The number of aryl methyl sites for hydroxylation is 1. The second-order valence-electron chi connectivity index (χ2n) is 4.61. The first kappa shape index (κ1) is 12.5. The standard InChI is InChI=1S/C12H18N2O2/c1-7-6-8(13)4-5-9(7)12(2,3)10(14)11(15)16/h4-6,10H,13-14H2,1-3H3,(H,15,16). The van der Waals surface area contributed by atoms with Gasteiger partial charge in [-0.25, -0.2) is 0 Å². The smallest absolute Gasteiger partial charge is 0.321 e. The summed E-state index contributed by atoms with van der Waals surface area (Å²) in [5, 5.41) is 8.97. The van der Waals surface area contributed by atoms with Crippen molar-refractivity contribution in [2.24, 2.45) is 5.73 Å². The van der Waals surface area contributed by atoms with Gasteiger partial charge in [0.15, 0.2) is 0 Å². The van der Waals surface area contributed by atoms with E-state index in [1.807, 2.05) is 32.9 Å². The maximum atomic E-state index is 10.9. The van der Waals surface area contributed by atoms with Crippen molar-refractivity contribution in [3.63, 3.8) is 0 Å². The van der Waals surface area contributed by atoms with Crippen LogP contribution in [-0.2, 0) is 10.2 Å². The Morgan fingerprint density at radius 2 is 2.00 bits per heavy atom. The fourth-order valence-corrected chi connectivity index (χ4v) is 1.89. The number of rotatable bonds is 3. The summed E-state index contributed by atoms with van der Waals surface area (Å²) in [5.74, 6) is -0.999. The molecule has 0 heterocycles. The highest BCUT2D eigenvalue weighted by Gasteiger charge is 2.34. The Morgan fingerprint density at radius 1 is 1.44 bits per heavy atom. The lowest BCUT2D eigenvalue weighted by atomic mass is 9.76.